The largest absolute Gasteiger partial charge is 0.389 e. The molecule has 1 fully saturated rings. The fraction of sp³-hybridized carbons (Fsp3) is 0.333. The van der Waals surface area contributed by atoms with E-state index in [2.05, 4.69) is 20.2 Å². The van der Waals surface area contributed by atoms with E-state index < -0.39 is 21.3 Å². The Bertz CT molecular complexity index is 1790. The molecule has 5 rings (SSSR count). The van der Waals surface area contributed by atoms with Crippen molar-refractivity contribution in [2.24, 2.45) is 0 Å². The van der Waals surface area contributed by atoms with Crippen molar-refractivity contribution in [1.82, 2.24) is 30.2 Å². The van der Waals surface area contributed by atoms with Gasteiger partial charge in [0.2, 0.25) is 5.91 Å². The van der Waals surface area contributed by atoms with Crippen molar-refractivity contribution in [3.8, 4) is 11.4 Å². The Labute approximate surface area is 249 Å². The molecular weight excluding hydrogens is 570 g/mol. The molecule has 4 aromatic rings. The van der Waals surface area contributed by atoms with Crippen molar-refractivity contribution in [3.05, 3.63) is 72.3 Å². The maximum Gasteiger partial charge on any atom is 0.253 e. The molecule has 0 aliphatic carbocycles. The Hall–Kier alpha value is -4.49. The van der Waals surface area contributed by atoms with Crippen LogP contribution in [0.1, 0.15) is 35.3 Å². The molecule has 1 aliphatic rings. The second kappa shape index (κ2) is 12.0. The fourth-order valence-electron chi connectivity index (χ4n) is 4.83. The summed E-state index contributed by atoms with van der Waals surface area (Å²) < 4.78 is 23.6. The van der Waals surface area contributed by atoms with Crippen LogP contribution in [0.4, 0.5) is 5.82 Å². The van der Waals surface area contributed by atoms with Gasteiger partial charge in [0.1, 0.15) is 5.82 Å². The fourth-order valence-corrected chi connectivity index (χ4v) is 5.42. The molecule has 0 atom stereocenters. The number of aromatic nitrogens is 4. The number of hydrogen-bond acceptors (Lipinski definition) is 10. The van der Waals surface area contributed by atoms with Crippen molar-refractivity contribution >= 4 is 38.4 Å². The molecule has 2 N–H and O–H groups in total. The lowest BCUT2D eigenvalue weighted by Crippen LogP contribution is -2.47. The lowest BCUT2D eigenvalue weighted by atomic mass is 9.87. The number of sulfone groups is 1. The van der Waals surface area contributed by atoms with Crippen LogP contribution in [0, 0.1) is 0 Å². The van der Waals surface area contributed by atoms with Crippen LogP contribution < -0.4 is 10.2 Å². The van der Waals surface area contributed by atoms with E-state index in [4.69, 9.17) is 9.97 Å². The number of piperidine rings is 1. The molecule has 0 radical (unpaired) electrons. The summed E-state index contributed by atoms with van der Waals surface area (Å²) in [6.07, 6.45) is 6.30. The SMILES string of the molecule is CN(C)C(=O)CC1(O)CCN(c2cccc(-c3ccc4cnc(CNC(=O)c5cncc(S(C)(=O)=O)c5)cc4n3)n2)CC1. The number of fused-ring (bicyclic) bond motifs is 1. The van der Waals surface area contributed by atoms with E-state index in [1.165, 1.54) is 23.4 Å². The Morgan fingerprint density at radius 3 is 2.49 bits per heavy atom. The average Bonchev–Trinajstić information content (AvgIpc) is 2.99. The minimum Gasteiger partial charge on any atom is -0.389 e. The maximum atomic E-state index is 12.6. The second-order valence-electron chi connectivity index (χ2n) is 11.0. The first-order chi connectivity index (χ1) is 20.4. The number of aliphatic hydroxyl groups is 1. The summed E-state index contributed by atoms with van der Waals surface area (Å²) in [4.78, 5) is 46.3. The van der Waals surface area contributed by atoms with Gasteiger partial charge in [0.25, 0.3) is 5.91 Å². The number of nitrogens with one attached hydrogen (secondary N) is 1. The highest BCUT2D eigenvalue weighted by molar-refractivity contribution is 7.90. The van der Waals surface area contributed by atoms with Crippen molar-refractivity contribution < 1.29 is 23.1 Å². The van der Waals surface area contributed by atoms with Gasteiger partial charge in [-0.05, 0) is 49.2 Å². The highest BCUT2D eigenvalue weighted by atomic mass is 32.2. The first-order valence-corrected chi connectivity index (χ1v) is 15.6. The molecule has 0 spiro atoms. The number of carbonyl (C=O) groups is 2. The molecule has 224 valence electrons. The maximum absolute atomic E-state index is 12.6. The summed E-state index contributed by atoms with van der Waals surface area (Å²) in [5.74, 6) is 0.215. The van der Waals surface area contributed by atoms with E-state index in [1.54, 1.807) is 26.4 Å². The molecule has 0 bridgehead atoms. The van der Waals surface area contributed by atoms with Crippen LogP contribution in [-0.4, -0.2) is 89.2 Å². The van der Waals surface area contributed by atoms with Crippen LogP contribution in [0.25, 0.3) is 22.3 Å². The van der Waals surface area contributed by atoms with Gasteiger partial charge in [0.15, 0.2) is 9.84 Å². The average molecular weight is 604 g/mol. The summed E-state index contributed by atoms with van der Waals surface area (Å²) in [5, 5.41) is 14.5. The number of amides is 2. The molecule has 1 aliphatic heterocycles. The number of rotatable bonds is 8. The summed E-state index contributed by atoms with van der Waals surface area (Å²) in [6.45, 7) is 1.27. The van der Waals surface area contributed by atoms with Crippen LogP contribution in [0.3, 0.4) is 0 Å². The van der Waals surface area contributed by atoms with Crippen LogP contribution in [-0.2, 0) is 21.2 Å². The van der Waals surface area contributed by atoms with Gasteiger partial charge in [0, 0.05) is 57.4 Å². The normalized spacial score (nSPS) is 14.8. The summed E-state index contributed by atoms with van der Waals surface area (Å²) in [7, 11) is -0.112. The number of anilines is 1. The van der Waals surface area contributed by atoms with Crippen molar-refractivity contribution in [3.63, 3.8) is 0 Å². The van der Waals surface area contributed by atoms with Gasteiger partial charge in [0.05, 0.1) is 51.6 Å². The van der Waals surface area contributed by atoms with Crippen molar-refractivity contribution in [2.45, 2.75) is 36.3 Å². The number of hydrogen-bond donors (Lipinski definition) is 2. The van der Waals surface area contributed by atoms with E-state index >= 15 is 0 Å². The predicted molar refractivity (Wildman–Crippen MR) is 161 cm³/mol. The zero-order valence-electron chi connectivity index (χ0n) is 24.2. The Kier molecular flexibility index (Phi) is 8.38. The summed E-state index contributed by atoms with van der Waals surface area (Å²) in [5.41, 5.74) is 1.73. The quantitative estimate of drug-likeness (QED) is 0.306. The Morgan fingerprint density at radius 1 is 1.02 bits per heavy atom. The first kappa shape index (κ1) is 30.0. The molecule has 0 aromatic carbocycles. The monoisotopic (exact) mass is 603 g/mol. The minimum atomic E-state index is -3.49. The lowest BCUT2D eigenvalue weighted by Gasteiger charge is -2.38. The highest BCUT2D eigenvalue weighted by Gasteiger charge is 2.35. The Morgan fingerprint density at radius 2 is 1.77 bits per heavy atom. The zero-order chi connectivity index (χ0) is 30.8. The van der Waals surface area contributed by atoms with Gasteiger partial charge < -0.3 is 20.2 Å². The minimum absolute atomic E-state index is 0.0309. The molecule has 5 heterocycles. The van der Waals surface area contributed by atoms with E-state index in [-0.39, 0.29) is 29.3 Å². The van der Waals surface area contributed by atoms with Crippen LogP contribution >= 0.6 is 0 Å². The lowest BCUT2D eigenvalue weighted by molar-refractivity contribution is -0.134. The molecule has 0 saturated carbocycles. The van der Waals surface area contributed by atoms with Gasteiger partial charge >= 0.3 is 0 Å². The van der Waals surface area contributed by atoms with E-state index in [1.807, 2.05) is 30.3 Å². The zero-order valence-corrected chi connectivity index (χ0v) is 25.0. The molecule has 0 unspecified atom stereocenters. The van der Waals surface area contributed by atoms with Gasteiger partial charge in [-0.25, -0.2) is 18.4 Å². The molecular formula is C30H33N7O5S. The molecule has 2 amide bonds. The number of pyridine rings is 4. The molecule has 1 saturated heterocycles. The van der Waals surface area contributed by atoms with Crippen LogP contribution in [0.5, 0.6) is 0 Å². The third-order valence-corrected chi connectivity index (χ3v) is 8.54. The number of carbonyl (C=O) groups excluding carboxylic acids is 2. The topological polar surface area (TPSA) is 159 Å². The van der Waals surface area contributed by atoms with E-state index in [9.17, 15) is 23.1 Å². The predicted octanol–water partition coefficient (Wildman–Crippen LogP) is 2.23. The first-order valence-electron chi connectivity index (χ1n) is 13.7. The molecule has 13 heteroatoms. The van der Waals surface area contributed by atoms with E-state index in [0.717, 1.165) is 17.5 Å². The highest BCUT2D eigenvalue weighted by Crippen LogP contribution is 2.30. The third-order valence-electron chi connectivity index (χ3n) is 7.46. The van der Waals surface area contributed by atoms with Crippen LogP contribution in [0.15, 0.2) is 66.0 Å². The van der Waals surface area contributed by atoms with Gasteiger partial charge in [-0.15, -0.1) is 0 Å². The van der Waals surface area contributed by atoms with Crippen molar-refractivity contribution in [2.75, 3.05) is 38.3 Å². The summed E-state index contributed by atoms with van der Waals surface area (Å²) >= 11 is 0. The van der Waals surface area contributed by atoms with Crippen molar-refractivity contribution in [1.29, 1.82) is 0 Å². The second-order valence-corrected chi connectivity index (χ2v) is 13.0. The van der Waals surface area contributed by atoms with E-state index in [0.29, 0.717) is 48.5 Å². The molecule has 43 heavy (non-hydrogen) atoms. The van der Waals surface area contributed by atoms with Gasteiger partial charge in [-0.2, -0.15) is 0 Å². The molecule has 12 nitrogen and oxygen atoms in total. The smallest absolute Gasteiger partial charge is 0.253 e. The third kappa shape index (κ3) is 7.12. The standard InChI is InChI=1S/C30H33N7O5S/c1-36(2)28(38)15-30(40)9-11-37(12-10-30)27-6-4-5-24(35-27)25-8-7-20-17-32-22(14-26(20)34-25)18-33-29(39)21-13-23(19-31-16-21)43(3,41)42/h4-8,13-14,16-17,19,40H,9-12,15,18H2,1-3H3,(H,33,39). The molecule has 4 aromatic heterocycles. The number of nitrogens with zero attached hydrogens (tertiary/aromatic N) is 6. The van der Waals surface area contributed by atoms with Crippen LogP contribution in [0.2, 0.25) is 0 Å². The summed E-state index contributed by atoms with van der Waals surface area (Å²) in [6, 6.07) is 12.6. The van der Waals surface area contributed by atoms with Gasteiger partial charge in [-0.3, -0.25) is 19.6 Å². The van der Waals surface area contributed by atoms with Gasteiger partial charge in [-0.1, -0.05) is 6.07 Å². The Balaban J connectivity index is 1.28.